The number of piperidine rings is 1. The fourth-order valence-electron chi connectivity index (χ4n) is 0.796. The second-order valence-electron chi connectivity index (χ2n) is 2.04. The first-order valence-corrected chi connectivity index (χ1v) is 2.84. The minimum atomic E-state index is -0.247. The summed E-state index contributed by atoms with van der Waals surface area (Å²) in [5.74, 6) is -0.00347. The van der Waals surface area contributed by atoms with Crippen LogP contribution in [-0.4, -0.2) is 18.5 Å². The van der Waals surface area contributed by atoms with Crippen LogP contribution in [0.1, 0.15) is 12.8 Å². The minimum absolute atomic E-state index is 0. The van der Waals surface area contributed by atoms with Gasteiger partial charge in [0.1, 0.15) is 0 Å². The summed E-state index contributed by atoms with van der Waals surface area (Å²) in [5.41, 5.74) is 5.37. The van der Waals surface area contributed by atoms with Crippen LogP contribution in [-0.2, 0) is 4.79 Å². The van der Waals surface area contributed by atoms with Crippen LogP contribution in [0.4, 0.5) is 0 Å². The molecule has 1 heterocycles. The van der Waals surface area contributed by atoms with Crippen molar-refractivity contribution in [3.05, 3.63) is 0 Å². The Morgan fingerprint density at radius 3 is 2.40 bits per heavy atom. The van der Waals surface area contributed by atoms with E-state index in [0.29, 0.717) is 0 Å². The van der Waals surface area contributed by atoms with Gasteiger partial charge in [0.15, 0.2) is 0 Å². The van der Waals surface area contributed by atoms with E-state index in [-0.39, 0.29) is 36.8 Å². The molecule has 3 nitrogen and oxygen atoms in total. The standard InChI is InChI=1S/C5H10N2O.2ClH/c6-4-2-1-3-7-5(4)8;;/h4H,1-3,6H2,(H,7,8);2*1H. The Morgan fingerprint density at radius 2 is 2.10 bits per heavy atom. The molecular weight excluding hydrogens is 175 g/mol. The summed E-state index contributed by atoms with van der Waals surface area (Å²) < 4.78 is 0. The number of nitrogens with two attached hydrogens (primary N) is 1. The molecule has 3 N–H and O–H groups in total. The molecule has 10 heavy (non-hydrogen) atoms. The minimum Gasteiger partial charge on any atom is -0.355 e. The second-order valence-corrected chi connectivity index (χ2v) is 2.04. The van der Waals surface area contributed by atoms with Crippen molar-refractivity contribution >= 4 is 30.7 Å². The van der Waals surface area contributed by atoms with E-state index in [1.54, 1.807) is 0 Å². The zero-order valence-electron chi connectivity index (χ0n) is 5.50. The van der Waals surface area contributed by atoms with Crippen LogP contribution in [0.3, 0.4) is 0 Å². The lowest BCUT2D eigenvalue weighted by Crippen LogP contribution is -2.45. The van der Waals surface area contributed by atoms with Gasteiger partial charge >= 0.3 is 0 Å². The van der Waals surface area contributed by atoms with E-state index in [2.05, 4.69) is 5.32 Å². The topological polar surface area (TPSA) is 55.1 Å². The van der Waals surface area contributed by atoms with Gasteiger partial charge in [-0.25, -0.2) is 0 Å². The largest absolute Gasteiger partial charge is 0.355 e. The highest BCUT2D eigenvalue weighted by Gasteiger charge is 2.15. The molecule has 0 aromatic carbocycles. The van der Waals surface area contributed by atoms with Crippen molar-refractivity contribution in [1.82, 2.24) is 5.32 Å². The highest BCUT2D eigenvalue weighted by atomic mass is 35.5. The Bertz CT molecular complexity index is 110. The highest BCUT2D eigenvalue weighted by Crippen LogP contribution is 1.98. The molecule has 62 valence electrons. The second kappa shape index (κ2) is 5.77. The van der Waals surface area contributed by atoms with Gasteiger partial charge in [-0.3, -0.25) is 4.79 Å². The van der Waals surface area contributed by atoms with Crippen molar-refractivity contribution in [3.8, 4) is 0 Å². The number of hydrogen-bond donors (Lipinski definition) is 2. The molecule has 0 aliphatic carbocycles. The van der Waals surface area contributed by atoms with Gasteiger partial charge in [-0.1, -0.05) is 0 Å². The molecule has 0 aromatic rings. The van der Waals surface area contributed by atoms with Crippen LogP contribution < -0.4 is 11.1 Å². The molecule has 0 saturated carbocycles. The molecule has 1 unspecified atom stereocenters. The lowest BCUT2D eigenvalue weighted by molar-refractivity contribution is -0.123. The SMILES string of the molecule is Cl.Cl.NC1CCCNC1=O. The number of halogens is 2. The molecule has 1 rings (SSSR count). The smallest absolute Gasteiger partial charge is 0.236 e. The third kappa shape index (κ3) is 3.25. The lowest BCUT2D eigenvalue weighted by Gasteiger charge is -2.16. The van der Waals surface area contributed by atoms with Gasteiger partial charge in [0.2, 0.25) is 5.91 Å². The maximum Gasteiger partial charge on any atom is 0.236 e. The van der Waals surface area contributed by atoms with Crippen LogP contribution in [0.5, 0.6) is 0 Å². The zero-order valence-corrected chi connectivity index (χ0v) is 7.13. The van der Waals surface area contributed by atoms with Crippen molar-refractivity contribution in [2.24, 2.45) is 5.73 Å². The van der Waals surface area contributed by atoms with E-state index < -0.39 is 0 Å². The predicted molar refractivity (Wildman–Crippen MR) is 44.7 cm³/mol. The van der Waals surface area contributed by atoms with E-state index in [9.17, 15) is 4.79 Å². The Kier molecular flexibility index (Phi) is 7.31. The molecule has 1 atom stereocenters. The monoisotopic (exact) mass is 186 g/mol. The molecule has 1 aliphatic rings. The van der Waals surface area contributed by atoms with Gasteiger partial charge in [0.05, 0.1) is 6.04 Å². The van der Waals surface area contributed by atoms with Crippen molar-refractivity contribution in [1.29, 1.82) is 0 Å². The number of rotatable bonds is 0. The lowest BCUT2D eigenvalue weighted by atomic mass is 10.1. The fourth-order valence-corrected chi connectivity index (χ4v) is 0.796. The summed E-state index contributed by atoms with van der Waals surface area (Å²) in [6.45, 7) is 0.798. The normalized spacial score (nSPS) is 23.7. The van der Waals surface area contributed by atoms with Gasteiger partial charge in [-0.15, -0.1) is 24.8 Å². The van der Waals surface area contributed by atoms with E-state index in [1.807, 2.05) is 0 Å². The van der Waals surface area contributed by atoms with E-state index in [0.717, 1.165) is 19.4 Å². The molecule has 1 saturated heterocycles. The summed E-state index contributed by atoms with van der Waals surface area (Å²) in [5, 5.41) is 2.67. The van der Waals surface area contributed by atoms with E-state index in [1.165, 1.54) is 0 Å². The molecule has 0 bridgehead atoms. The van der Waals surface area contributed by atoms with Crippen LogP contribution in [0, 0.1) is 0 Å². The Morgan fingerprint density at radius 1 is 1.50 bits per heavy atom. The molecule has 5 heteroatoms. The van der Waals surface area contributed by atoms with Crippen molar-refractivity contribution in [2.75, 3.05) is 6.54 Å². The van der Waals surface area contributed by atoms with Crippen molar-refractivity contribution in [3.63, 3.8) is 0 Å². The average molecular weight is 187 g/mol. The van der Waals surface area contributed by atoms with Gasteiger partial charge in [-0.2, -0.15) is 0 Å². The van der Waals surface area contributed by atoms with Gasteiger partial charge in [-0.05, 0) is 12.8 Å². The van der Waals surface area contributed by atoms with E-state index >= 15 is 0 Å². The maximum absolute atomic E-state index is 10.6. The fraction of sp³-hybridized carbons (Fsp3) is 0.800. The molecule has 1 fully saturated rings. The summed E-state index contributed by atoms with van der Waals surface area (Å²) in [7, 11) is 0. The summed E-state index contributed by atoms with van der Waals surface area (Å²) in [4.78, 5) is 10.6. The maximum atomic E-state index is 10.6. The molecular formula is C5H12Cl2N2O. The van der Waals surface area contributed by atoms with Crippen molar-refractivity contribution < 1.29 is 4.79 Å². The summed E-state index contributed by atoms with van der Waals surface area (Å²) in [6, 6.07) is -0.247. The van der Waals surface area contributed by atoms with Crippen LogP contribution in [0.25, 0.3) is 0 Å². The quantitative estimate of drug-likeness (QED) is 0.563. The molecule has 0 aromatic heterocycles. The number of amides is 1. The molecule has 1 amide bonds. The van der Waals surface area contributed by atoms with Gasteiger partial charge in [0.25, 0.3) is 0 Å². The van der Waals surface area contributed by atoms with Crippen LogP contribution in [0.2, 0.25) is 0 Å². The number of nitrogens with one attached hydrogen (secondary N) is 1. The first-order valence-electron chi connectivity index (χ1n) is 2.84. The summed E-state index contributed by atoms with van der Waals surface area (Å²) >= 11 is 0. The Balaban J connectivity index is 0. The molecule has 1 aliphatic heterocycles. The van der Waals surface area contributed by atoms with Crippen molar-refractivity contribution in [2.45, 2.75) is 18.9 Å². The first kappa shape index (κ1) is 12.7. The predicted octanol–water partition coefficient (Wildman–Crippen LogP) is 0.0673. The van der Waals surface area contributed by atoms with E-state index in [4.69, 9.17) is 5.73 Å². The average Bonchev–Trinajstić information content (AvgIpc) is 1.77. The first-order chi connectivity index (χ1) is 3.80. The number of hydrogen-bond acceptors (Lipinski definition) is 2. The van der Waals surface area contributed by atoms with Gasteiger partial charge in [0, 0.05) is 6.54 Å². The Labute approximate surface area is 72.6 Å². The molecule has 0 spiro atoms. The highest BCUT2D eigenvalue weighted by molar-refractivity contribution is 5.85. The number of carbonyl (C=O) groups excluding carboxylic acids is 1. The number of carbonyl (C=O) groups is 1. The van der Waals surface area contributed by atoms with Gasteiger partial charge < -0.3 is 11.1 Å². The zero-order chi connectivity index (χ0) is 5.98. The Hall–Kier alpha value is 0.01000. The molecule has 0 radical (unpaired) electrons. The third-order valence-corrected chi connectivity index (χ3v) is 1.33. The van der Waals surface area contributed by atoms with Crippen LogP contribution >= 0.6 is 24.8 Å². The van der Waals surface area contributed by atoms with Crippen LogP contribution in [0.15, 0.2) is 0 Å². The third-order valence-electron chi connectivity index (χ3n) is 1.33. The summed E-state index contributed by atoms with van der Waals surface area (Å²) in [6.07, 6.45) is 1.86.